The molecular formula is C12H24N2O2. The van der Waals surface area contributed by atoms with E-state index in [4.69, 9.17) is 5.11 Å². The fraction of sp³-hybridized carbons (Fsp3) is 0.917. The molecule has 2 aliphatic rings. The molecule has 94 valence electrons. The van der Waals surface area contributed by atoms with E-state index in [9.17, 15) is 4.79 Å². The van der Waals surface area contributed by atoms with Crippen molar-refractivity contribution in [2.45, 2.75) is 45.1 Å². The molecule has 0 amide bonds. The van der Waals surface area contributed by atoms with Crippen molar-refractivity contribution < 1.29 is 9.90 Å². The van der Waals surface area contributed by atoms with Crippen LogP contribution in [0.5, 0.6) is 0 Å². The molecule has 2 aliphatic heterocycles. The van der Waals surface area contributed by atoms with E-state index in [-0.39, 0.29) is 12.1 Å². The number of carboxylic acids is 1. The number of piperidine rings is 1. The summed E-state index contributed by atoms with van der Waals surface area (Å²) in [6, 6.07) is 0. The second-order valence-electron chi connectivity index (χ2n) is 4.39. The summed E-state index contributed by atoms with van der Waals surface area (Å²) in [5, 5.41) is 12.2. The van der Waals surface area contributed by atoms with Gasteiger partial charge in [-0.3, -0.25) is 9.69 Å². The monoisotopic (exact) mass is 228 g/mol. The zero-order valence-electron chi connectivity index (χ0n) is 10.5. The highest BCUT2D eigenvalue weighted by Crippen LogP contribution is 2.36. The van der Waals surface area contributed by atoms with Gasteiger partial charge in [0.25, 0.3) is 0 Å². The lowest BCUT2D eigenvalue weighted by Crippen LogP contribution is -2.52. The molecule has 0 saturated carbocycles. The Labute approximate surface area is 98.0 Å². The molecule has 0 bridgehead atoms. The molecule has 1 spiro atoms. The highest BCUT2D eigenvalue weighted by atomic mass is 16.4. The van der Waals surface area contributed by atoms with Gasteiger partial charge in [-0.1, -0.05) is 13.8 Å². The second kappa shape index (κ2) is 6.21. The van der Waals surface area contributed by atoms with Gasteiger partial charge in [-0.05, 0) is 45.3 Å². The summed E-state index contributed by atoms with van der Waals surface area (Å²) in [5.41, 5.74) is 0.212. The van der Waals surface area contributed by atoms with Crippen molar-refractivity contribution in [3.63, 3.8) is 0 Å². The third-order valence-corrected chi connectivity index (χ3v) is 3.60. The van der Waals surface area contributed by atoms with Crippen molar-refractivity contribution in [3.8, 4) is 0 Å². The standard InChI is InChI=1S/C10H18N2O2.C2H6/c13-9(14)8-12-7-1-2-10(12)3-5-11-6-4-10;1-2/h11H,1-8H2,(H,13,14);1-2H3. The molecule has 0 aliphatic carbocycles. The molecule has 16 heavy (non-hydrogen) atoms. The maximum atomic E-state index is 10.7. The number of hydrogen-bond acceptors (Lipinski definition) is 3. The molecule has 0 atom stereocenters. The molecule has 2 rings (SSSR count). The van der Waals surface area contributed by atoms with Crippen LogP contribution in [0.25, 0.3) is 0 Å². The van der Waals surface area contributed by atoms with Gasteiger partial charge in [0.1, 0.15) is 0 Å². The number of likely N-dealkylation sites (tertiary alicyclic amines) is 1. The average molecular weight is 228 g/mol. The van der Waals surface area contributed by atoms with Gasteiger partial charge in [-0.15, -0.1) is 0 Å². The predicted octanol–water partition coefficient (Wildman–Crippen LogP) is 1.32. The number of rotatable bonds is 2. The van der Waals surface area contributed by atoms with Crippen molar-refractivity contribution in [1.29, 1.82) is 0 Å². The molecule has 4 nitrogen and oxygen atoms in total. The van der Waals surface area contributed by atoms with E-state index in [1.54, 1.807) is 0 Å². The second-order valence-corrected chi connectivity index (χ2v) is 4.39. The number of aliphatic carboxylic acids is 1. The lowest BCUT2D eigenvalue weighted by Gasteiger charge is -2.41. The minimum Gasteiger partial charge on any atom is -0.480 e. The van der Waals surface area contributed by atoms with Crippen molar-refractivity contribution in [2.24, 2.45) is 0 Å². The van der Waals surface area contributed by atoms with Gasteiger partial charge in [0.15, 0.2) is 0 Å². The first-order valence-electron chi connectivity index (χ1n) is 6.41. The largest absolute Gasteiger partial charge is 0.480 e. The third kappa shape index (κ3) is 2.95. The van der Waals surface area contributed by atoms with Gasteiger partial charge in [-0.25, -0.2) is 0 Å². The Morgan fingerprint density at radius 3 is 2.50 bits per heavy atom. The number of hydrogen-bond donors (Lipinski definition) is 2. The molecular weight excluding hydrogens is 204 g/mol. The zero-order valence-corrected chi connectivity index (χ0v) is 10.5. The number of carbonyl (C=O) groups is 1. The molecule has 0 radical (unpaired) electrons. The molecule has 0 aromatic heterocycles. The van der Waals surface area contributed by atoms with E-state index in [0.29, 0.717) is 0 Å². The van der Waals surface area contributed by atoms with Gasteiger partial charge in [0, 0.05) is 5.54 Å². The smallest absolute Gasteiger partial charge is 0.317 e. The Hall–Kier alpha value is -0.610. The highest BCUT2D eigenvalue weighted by Gasteiger charge is 2.41. The van der Waals surface area contributed by atoms with Crippen molar-refractivity contribution in [2.75, 3.05) is 26.2 Å². The minimum atomic E-state index is -0.690. The molecule has 2 fully saturated rings. The summed E-state index contributed by atoms with van der Waals surface area (Å²) in [5.74, 6) is -0.690. The van der Waals surface area contributed by atoms with E-state index in [1.807, 2.05) is 13.8 Å². The number of nitrogens with one attached hydrogen (secondary N) is 1. The summed E-state index contributed by atoms with van der Waals surface area (Å²) in [4.78, 5) is 12.9. The van der Waals surface area contributed by atoms with Gasteiger partial charge < -0.3 is 10.4 Å². The maximum Gasteiger partial charge on any atom is 0.317 e. The SMILES string of the molecule is CC.O=C(O)CN1CCCC12CCNCC2. The van der Waals surface area contributed by atoms with Crippen LogP contribution in [-0.2, 0) is 4.79 Å². The first kappa shape index (κ1) is 13.5. The van der Waals surface area contributed by atoms with Gasteiger partial charge in [-0.2, -0.15) is 0 Å². The molecule has 0 unspecified atom stereocenters. The molecule has 0 aromatic carbocycles. The summed E-state index contributed by atoms with van der Waals surface area (Å²) in [6.07, 6.45) is 4.57. The maximum absolute atomic E-state index is 10.7. The Kier molecular flexibility index (Phi) is 5.22. The van der Waals surface area contributed by atoms with Crippen LogP contribution in [-0.4, -0.2) is 47.7 Å². The topological polar surface area (TPSA) is 52.6 Å². The number of nitrogens with zero attached hydrogens (tertiary/aromatic N) is 1. The van der Waals surface area contributed by atoms with Crippen LogP contribution in [0.2, 0.25) is 0 Å². The average Bonchev–Trinajstić information content (AvgIpc) is 2.65. The summed E-state index contributed by atoms with van der Waals surface area (Å²) in [7, 11) is 0. The number of carboxylic acid groups (broad SMARTS) is 1. The van der Waals surface area contributed by atoms with E-state index in [2.05, 4.69) is 10.2 Å². The zero-order chi connectivity index (χ0) is 12.0. The van der Waals surface area contributed by atoms with Crippen LogP contribution in [0.1, 0.15) is 39.5 Å². The van der Waals surface area contributed by atoms with Gasteiger partial charge in [0.2, 0.25) is 0 Å². The lowest BCUT2D eigenvalue weighted by atomic mass is 9.86. The Balaban J connectivity index is 0.000000606. The Bertz CT molecular complexity index is 225. The first-order chi connectivity index (χ1) is 7.73. The fourth-order valence-corrected chi connectivity index (χ4v) is 2.86. The quantitative estimate of drug-likeness (QED) is 0.748. The molecule has 0 aromatic rings. The van der Waals surface area contributed by atoms with E-state index >= 15 is 0 Å². The molecule has 2 heterocycles. The highest BCUT2D eigenvalue weighted by molar-refractivity contribution is 5.69. The minimum absolute atomic E-state index is 0.212. The van der Waals surface area contributed by atoms with Gasteiger partial charge in [0.05, 0.1) is 6.54 Å². The van der Waals surface area contributed by atoms with Crippen molar-refractivity contribution >= 4 is 5.97 Å². The summed E-state index contributed by atoms with van der Waals surface area (Å²) >= 11 is 0. The van der Waals surface area contributed by atoms with Crippen LogP contribution in [0.3, 0.4) is 0 Å². The summed E-state index contributed by atoms with van der Waals surface area (Å²) < 4.78 is 0. The van der Waals surface area contributed by atoms with Crippen LogP contribution in [0.15, 0.2) is 0 Å². The predicted molar refractivity (Wildman–Crippen MR) is 64.6 cm³/mol. The fourth-order valence-electron chi connectivity index (χ4n) is 2.86. The van der Waals surface area contributed by atoms with Crippen LogP contribution in [0.4, 0.5) is 0 Å². The van der Waals surface area contributed by atoms with E-state index < -0.39 is 5.97 Å². The third-order valence-electron chi connectivity index (χ3n) is 3.60. The summed E-state index contributed by atoms with van der Waals surface area (Å²) in [6.45, 7) is 7.26. The van der Waals surface area contributed by atoms with Crippen molar-refractivity contribution in [1.82, 2.24) is 10.2 Å². The molecule has 4 heteroatoms. The Morgan fingerprint density at radius 2 is 1.94 bits per heavy atom. The Morgan fingerprint density at radius 1 is 1.31 bits per heavy atom. The van der Waals surface area contributed by atoms with Crippen LogP contribution in [0, 0.1) is 0 Å². The lowest BCUT2D eigenvalue weighted by molar-refractivity contribution is -0.139. The molecule has 2 saturated heterocycles. The molecule has 2 N–H and O–H groups in total. The van der Waals surface area contributed by atoms with Crippen LogP contribution >= 0.6 is 0 Å². The normalized spacial score (nSPS) is 23.9. The van der Waals surface area contributed by atoms with Gasteiger partial charge >= 0.3 is 5.97 Å². The van der Waals surface area contributed by atoms with E-state index in [0.717, 1.165) is 38.9 Å². The van der Waals surface area contributed by atoms with E-state index in [1.165, 1.54) is 6.42 Å². The first-order valence-corrected chi connectivity index (χ1v) is 6.41. The van der Waals surface area contributed by atoms with Crippen molar-refractivity contribution in [3.05, 3.63) is 0 Å². The van der Waals surface area contributed by atoms with Crippen LogP contribution < -0.4 is 5.32 Å².